The molecule has 25 amide bonds. The van der Waals surface area contributed by atoms with Crippen LogP contribution in [0.25, 0.3) is 0 Å². The van der Waals surface area contributed by atoms with Crippen molar-refractivity contribution in [3.05, 3.63) is 59.7 Å². The first-order chi connectivity index (χ1) is 67.4. The summed E-state index contributed by atoms with van der Waals surface area (Å²) in [6.07, 6.45) is 0.271. The normalized spacial score (nSPS) is 13.2. The lowest BCUT2D eigenvalue weighted by Crippen LogP contribution is -2.59. The fourth-order valence-electron chi connectivity index (χ4n) is 11.4. The van der Waals surface area contributed by atoms with E-state index in [2.05, 4.69) is 128 Å². The number of hydrogen-bond donors (Lipinski definition) is 37. The number of unbranched alkanes of at least 4 members (excludes halogenated alkanes) is 2. The molecule has 0 saturated heterocycles. The molecule has 0 aliphatic rings. The number of aromatic hydroxyl groups is 2. The number of primary amides is 1. The number of hydrogen-bond acceptors (Lipinski definition) is 37. The molecule has 40 N–H and O–H groups in total. The predicted molar refractivity (Wildman–Crippen MR) is 480 cm³/mol. The highest BCUT2D eigenvalue weighted by molar-refractivity contribution is 6.01. The van der Waals surface area contributed by atoms with E-state index < -0.39 is 358 Å². The molecule has 62 heteroatoms. The van der Waals surface area contributed by atoms with Crippen LogP contribution in [0.5, 0.6) is 11.5 Å². The number of benzene rings is 2. The number of phenols is 2. The van der Waals surface area contributed by atoms with Crippen molar-refractivity contribution in [1.82, 2.24) is 128 Å². The average Bonchev–Trinajstić information content (AvgIpc) is 0.932. The third kappa shape index (κ3) is 50.1. The smallest absolute Gasteiger partial charge is 0.245 e. The fourth-order valence-corrected chi connectivity index (χ4v) is 11.4. The Hall–Kier alpha value is -15.6. The minimum atomic E-state index is -1.87. The molecule has 2 aromatic carbocycles. The Labute approximate surface area is 807 Å². The lowest BCUT2D eigenvalue weighted by molar-refractivity contribution is -0.135. The zero-order valence-electron chi connectivity index (χ0n) is 76.7. The second-order valence-electron chi connectivity index (χ2n) is 30.4. The van der Waals surface area contributed by atoms with E-state index in [4.69, 9.17) is 17.2 Å². The van der Waals surface area contributed by atoms with Crippen LogP contribution in [0.2, 0.25) is 0 Å². The van der Waals surface area contributed by atoms with Gasteiger partial charge in [-0.2, -0.15) is 0 Å². The minimum absolute atomic E-state index is 0.0222. The zero-order chi connectivity index (χ0) is 107. The van der Waals surface area contributed by atoms with E-state index in [1.807, 2.05) is 0 Å². The molecule has 0 radical (unpaired) electrons. The average molecular weight is 2020 g/mol. The van der Waals surface area contributed by atoms with E-state index in [9.17, 15) is 171 Å². The van der Waals surface area contributed by atoms with Gasteiger partial charge in [0.15, 0.2) is 0 Å². The zero-order valence-corrected chi connectivity index (χ0v) is 76.7. The van der Waals surface area contributed by atoms with Gasteiger partial charge < -0.3 is 196 Å². The summed E-state index contributed by atoms with van der Waals surface area (Å²) in [5, 5.41) is 150. The molecule has 0 aromatic heterocycles. The number of phenolic OH excluding ortho intramolecular Hbond substituents is 2. The molecule has 142 heavy (non-hydrogen) atoms. The van der Waals surface area contributed by atoms with Crippen molar-refractivity contribution in [3.63, 3.8) is 0 Å². The first-order valence-electron chi connectivity index (χ1n) is 43.3. The largest absolute Gasteiger partial charge is 0.508 e. The highest BCUT2D eigenvalue weighted by Crippen LogP contribution is 2.15. The van der Waals surface area contributed by atoms with E-state index in [1.165, 1.54) is 48.5 Å². The molecule has 0 heterocycles. The Morgan fingerprint density at radius 2 is 0.408 bits per heavy atom. The minimum Gasteiger partial charge on any atom is -0.508 e. The van der Waals surface area contributed by atoms with Gasteiger partial charge in [-0.25, -0.2) is 0 Å². The van der Waals surface area contributed by atoms with Gasteiger partial charge in [0, 0.05) is 19.8 Å². The third-order valence-electron chi connectivity index (χ3n) is 19.1. The van der Waals surface area contributed by atoms with E-state index in [0.29, 0.717) is 18.4 Å². The quantitative estimate of drug-likeness (QED) is 0.0274. The summed E-state index contributed by atoms with van der Waals surface area (Å²) in [4.78, 5) is 320. The van der Waals surface area contributed by atoms with Gasteiger partial charge in [0.05, 0.1) is 131 Å². The molecule has 0 aliphatic carbocycles. The first-order valence-corrected chi connectivity index (χ1v) is 43.3. The van der Waals surface area contributed by atoms with Gasteiger partial charge >= 0.3 is 0 Å². The van der Waals surface area contributed by atoms with E-state index in [-0.39, 0.29) is 62.3 Å². The Kier molecular flexibility index (Phi) is 58.3. The molecular formula is C80H123N27O35. The molecular weight excluding hydrogens is 1900 g/mol. The standard InChI is InChI=1S/C80H123N27O35/c1-40(116)96-53(36-112)77(139)102-47(18-41-8-12-43(117)13-9-41)75(137)106-51(34-110)71(133)94-27-64(126)88-21-58(120)85-24-61(123)91-30-67(129)98-55(38-114)79(141)101-46(7-3-5-17-82)74(136)105-50(33-109)70(132)93-26-63(125)87-20-57(119)86-25-62(124)92-31-68(130)99-56(39-115)80(142)103-48(19-42-10-14-44(118)15-11-42)76(138)107-52(35-111)72(134)95-28-65(127)89-22-59(121)84-23-60(122)90-29-66(128)97-54(37-113)78(140)100-45(6-2-4-16-81)73(135)104-49(32-108)69(83)131/h8-15,45-56,108-115,117-118H,2-7,16-39,81-82H2,1H3,(H2,83,131)(H,84,121)(H,85,120)(H,86,119)(H,87,125)(H,88,126)(H,89,127)(H,90,122)(H,91,123)(H,92,124)(H,93,132)(H,94,133)(H,95,134)(H,96,116)(H,97,128)(H,98,129)(H,99,130)(H,100,140)(H,101,141)(H,102,139)(H,103,142)(H,104,135)(H,105,136)(H,106,137)(H,107,138)/t45-,46-,47-,48-,49-,50-,51-,52-,53-,54-,55-,56-/m0/s1. The van der Waals surface area contributed by atoms with Gasteiger partial charge in [-0.15, -0.1) is 0 Å². The Bertz CT molecular complexity index is 4650. The number of rotatable bonds is 68. The molecule has 0 spiro atoms. The Balaban J connectivity index is 1.86. The van der Waals surface area contributed by atoms with Crippen LogP contribution in [0, 0.1) is 0 Å². The number of carbonyl (C=O) groups is 25. The van der Waals surface area contributed by atoms with Crippen LogP contribution in [0.1, 0.15) is 56.6 Å². The summed E-state index contributed by atoms with van der Waals surface area (Å²) < 4.78 is 0. The van der Waals surface area contributed by atoms with Gasteiger partial charge in [0.25, 0.3) is 0 Å². The second-order valence-corrected chi connectivity index (χ2v) is 30.4. The van der Waals surface area contributed by atoms with Crippen molar-refractivity contribution in [1.29, 1.82) is 0 Å². The second kappa shape index (κ2) is 67.6. The molecule has 0 saturated carbocycles. The van der Waals surface area contributed by atoms with Gasteiger partial charge in [0.1, 0.15) is 84.0 Å². The van der Waals surface area contributed by atoms with E-state index in [0.717, 1.165) is 6.92 Å². The van der Waals surface area contributed by atoms with Crippen molar-refractivity contribution in [2.45, 2.75) is 131 Å². The van der Waals surface area contributed by atoms with Crippen LogP contribution >= 0.6 is 0 Å². The summed E-state index contributed by atoms with van der Waals surface area (Å²) in [6, 6.07) is -9.37. The molecule has 2 aromatic rings. The first kappa shape index (κ1) is 122. The van der Waals surface area contributed by atoms with Gasteiger partial charge in [-0.1, -0.05) is 24.3 Å². The molecule has 62 nitrogen and oxygen atoms in total. The molecule has 0 bridgehead atoms. The van der Waals surface area contributed by atoms with Crippen LogP contribution in [0.4, 0.5) is 0 Å². The maximum atomic E-state index is 13.7. The summed E-state index contributed by atoms with van der Waals surface area (Å²) in [7, 11) is 0. The van der Waals surface area contributed by atoms with Crippen LogP contribution in [0.3, 0.4) is 0 Å². The predicted octanol–water partition coefficient (Wildman–Crippen LogP) is -23.2. The van der Waals surface area contributed by atoms with Crippen LogP contribution in [-0.4, -0.2) is 416 Å². The van der Waals surface area contributed by atoms with Crippen LogP contribution in [0.15, 0.2) is 48.5 Å². The van der Waals surface area contributed by atoms with Crippen LogP contribution < -0.4 is 145 Å². The summed E-state index contributed by atoms with van der Waals surface area (Å²) in [5.41, 5.74) is 16.9. The monoisotopic (exact) mass is 2020 g/mol. The van der Waals surface area contributed by atoms with E-state index >= 15 is 0 Å². The maximum Gasteiger partial charge on any atom is 0.245 e. The van der Waals surface area contributed by atoms with Gasteiger partial charge in [-0.05, 0) is 87.0 Å². The molecule has 12 atom stereocenters. The topological polar surface area (TPSA) is 996 Å². The van der Waals surface area contributed by atoms with Gasteiger partial charge in [-0.3, -0.25) is 120 Å². The maximum absolute atomic E-state index is 13.7. The van der Waals surface area contributed by atoms with Crippen LogP contribution in [-0.2, 0) is 133 Å². The third-order valence-corrected chi connectivity index (χ3v) is 19.1. The summed E-state index contributed by atoms with van der Waals surface area (Å²) >= 11 is 0. The van der Waals surface area contributed by atoms with E-state index in [1.54, 1.807) is 0 Å². The van der Waals surface area contributed by atoms with Crippen molar-refractivity contribution in [3.8, 4) is 11.5 Å². The molecule has 0 aliphatic heterocycles. The number of carbonyl (C=O) groups excluding carboxylic acids is 25. The molecule has 0 unspecified atom stereocenters. The van der Waals surface area contributed by atoms with Crippen molar-refractivity contribution < 1.29 is 171 Å². The molecule has 2 rings (SSSR count). The number of amides is 25. The fraction of sp³-hybridized carbons (Fsp3) is 0.537. The number of aliphatic hydroxyl groups excluding tert-OH is 8. The number of aliphatic hydroxyl groups is 8. The number of nitrogens with one attached hydrogen (secondary N) is 24. The Morgan fingerprint density at radius 3 is 0.627 bits per heavy atom. The van der Waals surface area contributed by atoms with Crippen molar-refractivity contribution >= 4 is 148 Å². The lowest BCUT2D eigenvalue weighted by Gasteiger charge is -2.24. The Morgan fingerprint density at radius 1 is 0.225 bits per heavy atom. The number of nitrogens with two attached hydrogens (primary N) is 3. The molecule has 0 fully saturated rings. The SMILES string of the molecule is CC(=O)N[C@@H](CO)C(=O)N[C@@H](Cc1ccc(O)cc1)C(=O)N[C@@H](CO)C(=O)NCC(=O)NCC(=O)NCC(=O)NCC(=O)N[C@@H](CO)C(=O)N[C@@H](CCCCN)C(=O)N[C@@H](CO)C(=O)NCC(=O)NCC(=O)NCC(=O)NCC(=O)N[C@@H](CO)C(=O)N[C@@H](Cc1ccc(O)cc1)C(=O)N[C@@H](CO)C(=O)NCC(=O)NCC(=O)NCC(=O)NCC(=O)N[C@@H](CO)C(=O)N[C@@H](CCCCN)C(=O)N[C@@H](CO)C(N)=O. The highest BCUT2D eigenvalue weighted by atomic mass is 16.3. The lowest BCUT2D eigenvalue weighted by atomic mass is 10.0. The summed E-state index contributed by atoms with van der Waals surface area (Å²) in [5.74, 6) is -26.7. The van der Waals surface area contributed by atoms with Gasteiger partial charge in [0.2, 0.25) is 148 Å². The highest BCUT2D eigenvalue weighted by Gasteiger charge is 2.36. The van der Waals surface area contributed by atoms with Crippen molar-refractivity contribution in [2.24, 2.45) is 17.2 Å². The van der Waals surface area contributed by atoms with Crippen molar-refractivity contribution in [2.75, 3.05) is 144 Å². The summed E-state index contributed by atoms with van der Waals surface area (Å²) in [6.45, 7) is -16.9. The molecule has 788 valence electrons.